The van der Waals surface area contributed by atoms with Crippen molar-refractivity contribution in [1.29, 1.82) is 0 Å². The summed E-state index contributed by atoms with van der Waals surface area (Å²) in [6.45, 7) is 2.64. The fourth-order valence-electron chi connectivity index (χ4n) is 3.50. The fraction of sp³-hybridized carbons (Fsp3) is 0.154. The third-order valence-electron chi connectivity index (χ3n) is 5.06. The quantitative estimate of drug-likeness (QED) is 0.220. The van der Waals surface area contributed by atoms with Crippen LogP contribution in [0.25, 0.3) is 6.08 Å². The number of rotatable bonds is 8. The topological polar surface area (TPSA) is 67.9 Å². The number of imide groups is 1. The van der Waals surface area contributed by atoms with Crippen LogP contribution in [-0.2, 0) is 17.9 Å². The maximum Gasteiger partial charge on any atom is 0.329 e. The van der Waals surface area contributed by atoms with Crippen LogP contribution in [0.2, 0.25) is 0 Å². The highest BCUT2D eigenvalue weighted by molar-refractivity contribution is 14.1. The molecule has 0 unspecified atom stereocenters. The SMILES string of the molecule is CCOc1cc(/C=C2/NC(=O)N(Cc3ccccc3)C2=O)cc(I)c1OCc1cccc(F)c1. The number of halogens is 2. The number of hydrogen-bond donors (Lipinski definition) is 1. The van der Waals surface area contributed by atoms with Gasteiger partial charge < -0.3 is 14.8 Å². The zero-order valence-corrected chi connectivity index (χ0v) is 20.5. The number of amides is 3. The summed E-state index contributed by atoms with van der Waals surface area (Å²) in [5, 5.41) is 2.65. The molecule has 1 saturated heterocycles. The summed E-state index contributed by atoms with van der Waals surface area (Å²) >= 11 is 2.12. The van der Waals surface area contributed by atoms with Gasteiger partial charge in [0.05, 0.1) is 16.7 Å². The van der Waals surface area contributed by atoms with E-state index >= 15 is 0 Å². The minimum atomic E-state index is -0.463. The molecule has 0 aromatic heterocycles. The van der Waals surface area contributed by atoms with Crippen molar-refractivity contribution >= 4 is 40.6 Å². The van der Waals surface area contributed by atoms with Crippen LogP contribution >= 0.6 is 22.6 Å². The molecule has 174 valence electrons. The average molecular weight is 572 g/mol. The van der Waals surface area contributed by atoms with Crippen LogP contribution < -0.4 is 14.8 Å². The van der Waals surface area contributed by atoms with Gasteiger partial charge in [-0.3, -0.25) is 9.69 Å². The normalized spacial score (nSPS) is 14.4. The van der Waals surface area contributed by atoms with Gasteiger partial charge in [-0.15, -0.1) is 0 Å². The van der Waals surface area contributed by atoms with Crippen LogP contribution in [0, 0.1) is 9.39 Å². The molecule has 6 nitrogen and oxygen atoms in total. The first kappa shape index (κ1) is 23.7. The molecule has 1 heterocycles. The van der Waals surface area contributed by atoms with E-state index in [4.69, 9.17) is 9.47 Å². The monoisotopic (exact) mass is 572 g/mol. The van der Waals surface area contributed by atoms with Gasteiger partial charge in [-0.1, -0.05) is 42.5 Å². The van der Waals surface area contributed by atoms with Crippen molar-refractivity contribution in [1.82, 2.24) is 10.2 Å². The Kier molecular flexibility index (Phi) is 7.46. The highest BCUT2D eigenvalue weighted by Gasteiger charge is 2.33. The molecule has 0 aliphatic carbocycles. The van der Waals surface area contributed by atoms with Gasteiger partial charge in [0.1, 0.15) is 18.1 Å². The molecule has 0 saturated carbocycles. The summed E-state index contributed by atoms with van der Waals surface area (Å²) in [4.78, 5) is 26.4. The van der Waals surface area contributed by atoms with Crippen molar-refractivity contribution in [2.45, 2.75) is 20.1 Å². The number of nitrogens with one attached hydrogen (secondary N) is 1. The summed E-state index contributed by atoms with van der Waals surface area (Å²) in [7, 11) is 0. The van der Waals surface area contributed by atoms with Gasteiger partial charge in [0, 0.05) is 0 Å². The molecule has 3 amide bonds. The third-order valence-corrected chi connectivity index (χ3v) is 5.86. The van der Waals surface area contributed by atoms with Gasteiger partial charge in [0.2, 0.25) is 0 Å². The Hall–Kier alpha value is -3.40. The standard InChI is InChI=1S/C26H22FIN2O4/c1-2-33-23-14-19(12-21(28)24(23)34-16-18-9-6-10-20(27)11-18)13-22-25(31)30(26(32)29-22)15-17-7-4-3-5-8-17/h3-14H,2,15-16H2,1H3,(H,29,32)/b22-13+. The summed E-state index contributed by atoms with van der Waals surface area (Å²) < 4.78 is 25.9. The van der Waals surface area contributed by atoms with Crippen LogP contribution in [0.3, 0.4) is 0 Å². The molecule has 4 rings (SSSR count). The molecular formula is C26H22FIN2O4. The second-order valence-electron chi connectivity index (χ2n) is 7.55. The van der Waals surface area contributed by atoms with E-state index in [1.807, 2.05) is 43.3 Å². The average Bonchev–Trinajstić information content (AvgIpc) is 3.07. The van der Waals surface area contributed by atoms with Crippen LogP contribution in [0.1, 0.15) is 23.6 Å². The molecule has 1 N–H and O–H groups in total. The number of carbonyl (C=O) groups is 2. The lowest BCUT2D eigenvalue weighted by molar-refractivity contribution is -0.123. The van der Waals surface area contributed by atoms with Crippen molar-refractivity contribution in [3.05, 3.63) is 98.5 Å². The van der Waals surface area contributed by atoms with Crippen molar-refractivity contribution in [3.8, 4) is 11.5 Å². The summed E-state index contributed by atoms with van der Waals surface area (Å²) in [6, 6.07) is 18.7. The van der Waals surface area contributed by atoms with E-state index in [1.165, 1.54) is 17.0 Å². The van der Waals surface area contributed by atoms with Crippen molar-refractivity contribution in [3.63, 3.8) is 0 Å². The zero-order chi connectivity index (χ0) is 24.1. The molecule has 8 heteroatoms. The van der Waals surface area contributed by atoms with Gasteiger partial charge in [-0.25, -0.2) is 9.18 Å². The van der Waals surface area contributed by atoms with Gasteiger partial charge in [-0.05, 0) is 76.5 Å². The number of carbonyl (C=O) groups excluding carboxylic acids is 2. The Bertz CT molecular complexity index is 1250. The van der Waals surface area contributed by atoms with E-state index in [9.17, 15) is 14.0 Å². The largest absolute Gasteiger partial charge is 0.490 e. The number of benzene rings is 3. The summed E-state index contributed by atoms with van der Waals surface area (Å²) in [6.07, 6.45) is 1.62. The van der Waals surface area contributed by atoms with Gasteiger partial charge >= 0.3 is 6.03 Å². The molecule has 0 spiro atoms. The van der Waals surface area contributed by atoms with Crippen molar-refractivity contribution in [2.24, 2.45) is 0 Å². The Labute approximate surface area is 210 Å². The van der Waals surface area contributed by atoms with Gasteiger partial charge in [-0.2, -0.15) is 0 Å². The lowest BCUT2D eigenvalue weighted by atomic mass is 10.1. The lowest BCUT2D eigenvalue weighted by Gasteiger charge is -2.15. The summed E-state index contributed by atoms with van der Waals surface area (Å²) in [5.74, 6) is 0.303. The third kappa shape index (κ3) is 5.56. The van der Waals surface area contributed by atoms with Crippen LogP contribution in [-0.4, -0.2) is 23.4 Å². The molecule has 0 atom stereocenters. The first-order chi connectivity index (χ1) is 16.4. The van der Waals surface area contributed by atoms with E-state index in [2.05, 4.69) is 27.9 Å². The Balaban J connectivity index is 1.55. The van der Waals surface area contributed by atoms with Crippen LogP contribution in [0.5, 0.6) is 11.5 Å². The molecule has 1 fully saturated rings. The molecule has 34 heavy (non-hydrogen) atoms. The van der Waals surface area contributed by atoms with E-state index in [0.717, 1.165) is 9.13 Å². The van der Waals surface area contributed by atoms with Crippen molar-refractivity contribution in [2.75, 3.05) is 6.61 Å². The molecule has 1 aliphatic heterocycles. The van der Waals surface area contributed by atoms with E-state index in [-0.39, 0.29) is 24.7 Å². The molecule has 3 aromatic rings. The van der Waals surface area contributed by atoms with Crippen molar-refractivity contribution < 1.29 is 23.5 Å². The lowest BCUT2D eigenvalue weighted by Crippen LogP contribution is -2.30. The number of hydrogen-bond acceptors (Lipinski definition) is 4. The second kappa shape index (κ2) is 10.7. The van der Waals surface area contributed by atoms with E-state index in [0.29, 0.717) is 29.2 Å². The number of urea groups is 1. The first-order valence-electron chi connectivity index (χ1n) is 10.7. The first-order valence-corrected chi connectivity index (χ1v) is 11.7. The number of ether oxygens (including phenoxy) is 2. The molecular weight excluding hydrogens is 550 g/mol. The maximum atomic E-state index is 13.5. The minimum absolute atomic E-state index is 0.178. The maximum absolute atomic E-state index is 13.5. The van der Waals surface area contributed by atoms with E-state index in [1.54, 1.807) is 24.3 Å². The molecule has 0 radical (unpaired) electrons. The van der Waals surface area contributed by atoms with Crippen LogP contribution in [0.15, 0.2) is 72.4 Å². The van der Waals surface area contributed by atoms with Crippen LogP contribution in [0.4, 0.5) is 9.18 Å². The highest BCUT2D eigenvalue weighted by atomic mass is 127. The predicted molar refractivity (Wildman–Crippen MR) is 135 cm³/mol. The summed E-state index contributed by atoms with van der Waals surface area (Å²) in [5.41, 5.74) is 2.42. The Morgan fingerprint density at radius 3 is 2.50 bits per heavy atom. The molecule has 0 bridgehead atoms. The smallest absolute Gasteiger partial charge is 0.329 e. The van der Waals surface area contributed by atoms with Gasteiger partial charge in [0.15, 0.2) is 11.5 Å². The van der Waals surface area contributed by atoms with Gasteiger partial charge in [0.25, 0.3) is 5.91 Å². The highest BCUT2D eigenvalue weighted by Crippen LogP contribution is 2.35. The van der Waals surface area contributed by atoms with E-state index < -0.39 is 11.9 Å². The second-order valence-corrected chi connectivity index (χ2v) is 8.71. The molecule has 1 aliphatic rings. The Morgan fingerprint density at radius 1 is 1.00 bits per heavy atom. The number of nitrogens with zero attached hydrogens (tertiary/aromatic N) is 1. The fourth-order valence-corrected chi connectivity index (χ4v) is 4.29. The minimum Gasteiger partial charge on any atom is -0.490 e. The molecule has 3 aromatic carbocycles. The zero-order valence-electron chi connectivity index (χ0n) is 18.4. The Morgan fingerprint density at radius 2 is 1.76 bits per heavy atom. The predicted octanol–water partition coefficient (Wildman–Crippen LogP) is 5.50.